The number of aromatic nitrogens is 3. The van der Waals surface area contributed by atoms with E-state index in [-0.39, 0.29) is 0 Å². The second-order valence-corrected chi connectivity index (χ2v) is 7.33. The molecule has 138 valence electrons. The van der Waals surface area contributed by atoms with Gasteiger partial charge in [0.2, 0.25) is 5.95 Å². The van der Waals surface area contributed by atoms with E-state index in [4.69, 9.17) is 11.6 Å². The topological polar surface area (TPSA) is 53.9 Å². The molecule has 2 heterocycles. The predicted octanol–water partition coefficient (Wildman–Crippen LogP) is 4.73. The average Bonchev–Trinajstić information content (AvgIpc) is 2.71. The summed E-state index contributed by atoms with van der Waals surface area (Å²) in [5.74, 6) is 2.10. The summed E-state index contributed by atoms with van der Waals surface area (Å²) in [5, 5.41) is 12.1. The molecule has 0 spiro atoms. The first-order chi connectivity index (χ1) is 13.3. The van der Waals surface area contributed by atoms with Crippen molar-refractivity contribution in [3.8, 4) is 0 Å². The Hall–Kier alpha value is -2.66. The van der Waals surface area contributed by atoms with Crippen LogP contribution in [0.4, 0.5) is 17.5 Å². The van der Waals surface area contributed by atoms with Gasteiger partial charge in [-0.05, 0) is 55.0 Å². The number of nitrogens with zero attached hydrogens (tertiary/aromatic N) is 4. The number of anilines is 3. The van der Waals surface area contributed by atoms with Gasteiger partial charge in [-0.25, -0.2) is 0 Å². The summed E-state index contributed by atoms with van der Waals surface area (Å²) >= 11 is 5.93. The standard InChI is InChI=1S/C21H22ClN5/c22-18-6-8-19(9-7-18)24-21-25-20(15-23-26-21)27-12-10-17(11-13-27)14-16-4-2-1-3-5-16/h1-9,15,17H,10-14H2,(H,24,25,26). The highest BCUT2D eigenvalue weighted by atomic mass is 35.5. The van der Waals surface area contributed by atoms with Crippen LogP contribution in [0.5, 0.6) is 0 Å². The van der Waals surface area contributed by atoms with Gasteiger partial charge in [-0.1, -0.05) is 41.9 Å². The number of benzene rings is 2. The fraction of sp³-hybridized carbons (Fsp3) is 0.286. The summed E-state index contributed by atoms with van der Waals surface area (Å²) in [6.07, 6.45) is 5.22. The van der Waals surface area contributed by atoms with E-state index in [0.29, 0.717) is 11.0 Å². The normalized spacial score (nSPS) is 14.9. The summed E-state index contributed by atoms with van der Waals surface area (Å²) in [4.78, 5) is 6.93. The van der Waals surface area contributed by atoms with Crippen LogP contribution in [0.2, 0.25) is 5.02 Å². The van der Waals surface area contributed by atoms with E-state index in [1.165, 1.54) is 18.4 Å². The van der Waals surface area contributed by atoms with Gasteiger partial charge < -0.3 is 10.2 Å². The second-order valence-electron chi connectivity index (χ2n) is 6.89. The van der Waals surface area contributed by atoms with E-state index in [9.17, 15) is 0 Å². The number of halogens is 1. The van der Waals surface area contributed by atoms with Crippen LogP contribution < -0.4 is 10.2 Å². The number of piperidine rings is 1. The Morgan fingerprint density at radius 2 is 1.74 bits per heavy atom. The van der Waals surface area contributed by atoms with E-state index >= 15 is 0 Å². The molecular weight excluding hydrogens is 358 g/mol. The van der Waals surface area contributed by atoms with Gasteiger partial charge in [-0.15, -0.1) is 5.10 Å². The molecule has 4 rings (SSSR count). The van der Waals surface area contributed by atoms with Gasteiger partial charge in [0.1, 0.15) is 0 Å². The van der Waals surface area contributed by atoms with E-state index in [1.54, 1.807) is 6.20 Å². The maximum Gasteiger partial charge on any atom is 0.249 e. The second kappa shape index (κ2) is 8.35. The Morgan fingerprint density at radius 3 is 2.48 bits per heavy atom. The summed E-state index contributed by atoms with van der Waals surface area (Å²) < 4.78 is 0. The van der Waals surface area contributed by atoms with Crippen LogP contribution in [0.15, 0.2) is 60.8 Å². The molecule has 0 unspecified atom stereocenters. The van der Waals surface area contributed by atoms with Gasteiger partial charge >= 0.3 is 0 Å². The molecule has 2 aromatic carbocycles. The van der Waals surface area contributed by atoms with E-state index < -0.39 is 0 Å². The SMILES string of the molecule is Clc1ccc(Nc2nncc(N3CCC(Cc4ccccc4)CC3)n2)cc1. The lowest BCUT2D eigenvalue weighted by molar-refractivity contribution is 0.402. The molecule has 0 saturated carbocycles. The summed E-state index contributed by atoms with van der Waals surface area (Å²) in [7, 11) is 0. The summed E-state index contributed by atoms with van der Waals surface area (Å²) in [6, 6.07) is 18.2. The van der Waals surface area contributed by atoms with Crippen molar-refractivity contribution >= 4 is 29.1 Å². The number of hydrogen-bond donors (Lipinski definition) is 1. The van der Waals surface area contributed by atoms with Crippen molar-refractivity contribution in [1.29, 1.82) is 0 Å². The van der Waals surface area contributed by atoms with Crippen LogP contribution in [0.3, 0.4) is 0 Å². The summed E-state index contributed by atoms with van der Waals surface area (Å²) in [5.41, 5.74) is 2.31. The first-order valence-electron chi connectivity index (χ1n) is 9.27. The lowest BCUT2D eigenvalue weighted by Crippen LogP contribution is -2.35. The molecule has 0 aliphatic carbocycles. The van der Waals surface area contributed by atoms with E-state index in [1.807, 2.05) is 24.3 Å². The molecule has 1 saturated heterocycles. The average molecular weight is 380 g/mol. The van der Waals surface area contributed by atoms with Crippen molar-refractivity contribution in [1.82, 2.24) is 15.2 Å². The van der Waals surface area contributed by atoms with Crippen LogP contribution >= 0.6 is 11.6 Å². The fourth-order valence-corrected chi connectivity index (χ4v) is 3.60. The van der Waals surface area contributed by atoms with Crippen LogP contribution in [-0.2, 0) is 6.42 Å². The first kappa shape index (κ1) is 17.7. The molecule has 0 radical (unpaired) electrons. The van der Waals surface area contributed by atoms with Crippen molar-refractivity contribution in [2.75, 3.05) is 23.3 Å². The minimum absolute atomic E-state index is 0.501. The smallest absolute Gasteiger partial charge is 0.249 e. The van der Waals surface area contributed by atoms with Gasteiger partial charge in [0, 0.05) is 23.8 Å². The zero-order chi connectivity index (χ0) is 18.5. The van der Waals surface area contributed by atoms with Crippen molar-refractivity contribution in [3.05, 3.63) is 71.4 Å². The zero-order valence-corrected chi connectivity index (χ0v) is 15.8. The number of nitrogens with one attached hydrogen (secondary N) is 1. The Morgan fingerprint density at radius 1 is 1.00 bits per heavy atom. The van der Waals surface area contributed by atoms with Crippen molar-refractivity contribution in [2.24, 2.45) is 5.92 Å². The van der Waals surface area contributed by atoms with E-state index in [0.717, 1.165) is 36.9 Å². The largest absolute Gasteiger partial charge is 0.355 e. The molecule has 27 heavy (non-hydrogen) atoms. The maximum atomic E-state index is 5.93. The van der Waals surface area contributed by atoms with Gasteiger partial charge in [0.25, 0.3) is 0 Å². The molecule has 1 N–H and O–H groups in total. The number of hydrogen-bond acceptors (Lipinski definition) is 5. The lowest BCUT2D eigenvalue weighted by atomic mass is 9.90. The van der Waals surface area contributed by atoms with Crippen LogP contribution in [-0.4, -0.2) is 28.3 Å². The highest BCUT2D eigenvalue weighted by Crippen LogP contribution is 2.25. The predicted molar refractivity (Wildman–Crippen MR) is 110 cm³/mol. The van der Waals surface area contributed by atoms with Crippen molar-refractivity contribution in [3.63, 3.8) is 0 Å². The van der Waals surface area contributed by atoms with Crippen LogP contribution in [0.1, 0.15) is 18.4 Å². The van der Waals surface area contributed by atoms with Gasteiger partial charge in [0.15, 0.2) is 5.82 Å². The molecule has 1 fully saturated rings. The van der Waals surface area contributed by atoms with Crippen molar-refractivity contribution < 1.29 is 0 Å². The third-order valence-corrected chi connectivity index (χ3v) is 5.20. The third kappa shape index (κ3) is 4.74. The Kier molecular flexibility index (Phi) is 5.49. The molecule has 0 atom stereocenters. The maximum absolute atomic E-state index is 5.93. The molecule has 6 heteroatoms. The first-order valence-corrected chi connectivity index (χ1v) is 9.65. The quantitative estimate of drug-likeness (QED) is 0.694. The van der Waals surface area contributed by atoms with Gasteiger partial charge in [-0.2, -0.15) is 10.1 Å². The Bertz CT molecular complexity index is 861. The molecular formula is C21H22ClN5. The van der Waals surface area contributed by atoms with Gasteiger partial charge in [0.05, 0.1) is 6.20 Å². The molecule has 1 aliphatic heterocycles. The molecule has 1 aliphatic rings. The Labute approximate surface area is 164 Å². The van der Waals surface area contributed by atoms with Crippen LogP contribution in [0, 0.1) is 5.92 Å². The summed E-state index contributed by atoms with van der Waals surface area (Å²) in [6.45, 7) is 1.99. The zero-order valence-electron chi connectivity index (χ0n) is 15.1. The van der Waals surface area contributed by atoms with Crippen molar-refractivity contribution in [2.45, 2.75) is 19.3 Å². The molecule has 3 aromatic rings. The lowest BCUT2D eigenvalue weighted by Gasteiger charge is -2.32. The van der Waals surface area contributed by atoms with Crippen LogP contribution in [0.25, 0.3) is 0 Å². The molecule has 5 nitrogen and oxygen atoms in total. The fourth-order valence-electron chi connectivity index (χ4n) is 3.48. The minimum Gasteiger partial charge on any atom is -0.355 e. The minimum atomic E-state index is 0.501. The highest BCUT2D eigenvalue weighted by Gasteiger charge is 2.21. The monoisotopic (exact) mass is 379 g/mol. The molecule has 1 aromatic heterocycles. The number of rotatable bonds is 5. The van der Waals surface area contributed by atoms with Gasteiger partial charge in [-0.3, -0.25) is 0 Å². The third-order valence-electron chi connectivity index (χ3n) is 4.95. The molecule has 0 bridgehead atoms. The highest BCUT2D eigenvalue weighted by molar-refractivity contribution is 6.30. The molecule has 0 amide bonds. The Balaban J connectivity index is 1.36. The van der Waals surface area contributed by atoms with E-state index in [2.05, 4.69) is 55.7 Å².